The topological polar surface area (TPSA) is 38.2 Å². The lowest BCUT2D eigenvalue weighted by Crippen LogP contribution is -2.20. The molecule has 0 saturated heterocycles. The zero-order valence-electron chi connectivity index (χ0n) is 7.86. The first-order valence-electron chi connectivity index (χ1n) is 3.77. The van der Waals surface area contributed by atoms with Crippen molar-refractivity contribution in [3.05, 3.63) is 24.3 Å². The normalized spacial score (nSPS) is 18.6. The van der Waals surface area contributed by atoms with Crippen molar-refractivity contribution in [2.75, 3.05) is 11.9 Å². The average Bonchev–Trinajstić information content (AvgIpc) is 2.30. The van der Waals surface area contributed by atoms with Crippen LogP contribution in [0.2, 0.25) is 0 Å². The first-order chi connectivity index (χ1) is 5.29. The Morgan fingerprint density at radius 3 is 2.54 bits per heavy atom. The molecule has 0 amide bonds. The van der Waals surface area contributed by atoms with Gasteiger partial charge >= 0.3 is 0 Å². The van der Waals surface area contributed by atoms with Crippen molar-refractivity contribution in [1.82, 2.24) is 6.15 Å². The molecule has 0 fully saturated rings. The van der Waals surface area contributed by atoms with Crippen LogP contribution in [0.5, 0.6) is 0 Å². The zero-order chi connectivity index (χ0) is 7.84. The van der Waals surface area contributed by atoms with Crippen LogP contribution >= 0.6 is 35.7 Å². The molecule has 1 atom stereocenters. The largest absolute Gasteiger partial charge is 0.362 e. The Morgan fingerprint density at radius 1 is 1.31 bits per heavy atom. The lowest BCUT2D eigenvalue weighted by molar-refractivity contribution is 0.924. The first-order valence-corrected chi connectivity index (χ1v) is 4.65. The van der Waals surface area contributed by atoms with Gasteiger partial charge < -0.3 is 11.1 Å². The second kappa shape index (κ2) is 5.07. The number of fused-ring (bicyclic) bond motifs is 1. The number of hydrogen-bond donors (Lipinski definition) is 1. The van der Waals surface area contributed by atoms with Crippen LogP contribution in [0, 0.1) is 0 Å². The molecule has 0 radical (unpaired) electrons. The van der Waals surface area contributed by atoms with E-state index in [0.717, 1.165) is 0 Å². The molecule has 0 saturated carbocycles. The zero-order valence-corrected chi connectivity index (χ0v) is 11.0. The van der Waals surface area contributed by atoms with Gasteiger partial charge in [-0.1, -0.05) is 23.9 Å². The molecule has 3 N–H and O–H groups in total. The number of para-hydroxylation sites is 1. The Labute approximate surface area is 101 Å². The Hall–Kier alpha value is 0.0600. The van der Waals surface area contributed by atoms with E-state index in [1.807, 2.05) is 11.8 Å². The number of benzene rings is 1. The Morgan fingerprint density at radius 2 is 1.92 bits per heavy atom. The van der Waals surface area contributed by atoms with E-state index in [-0.39, 0.29) is 30.1 Å². The molecule has 2 rings (SSSR count). The monoisotopic (exact) mass is 310 g/mol. The van der Waals surface area contributed by atoms with Gasteiger partial charge in [-0.15, -0.1) is 24.0 Å². The summed E-state index contributed by atoms with van der Waals surface area (Å²) in [5, 5.41) is 0.590. The third-order valence-corrected chi connectivity index (χ3v) is 3.34. The summed E-state index contributed by atoms with van der Waals surface area (Å²) in [6.45, 7) is 2.23. The van der Waals surface area contributed by atoms with E-state index in [4.69, 9.17) is 0 Å². The van der Waals surface area contributed by atoms with Gasteiger partial charge in [-0.2, -0.15) is 0 Å². The summed E-state index contributed by atoms with van der Waals surface area (Å²) in [5.74, 6) is 0. The minimum Gasteiger partial charge on any atom is -0.362 e. The number of hydrogen-bond acceptors (Lipinski definition) is 3. The average molecular weight is 310 g/mol. The molecule has 13 heavy (non-hydrogen) atoms. The summed E-state index contributed by atoms with van der Waals surface area (Å²) in [6, 6.07) is 8.54. The van der Waals surface area contributed by atoms with Crippen LogP contribution < -0.4 is 11.1 Å². The molecule has 1 aromatic rings. The molecular formula is C9H15IN2S. The van der Waals surface area contributed by atoms with Gasteiger partial charge in [0, 0.05) is 11.9 Å². The smallest absolute Gasteiger partial charge is 0.0766 e. The molecular weight excluding hydrogens is 295 g/mol. The number of thioether (sulfide) groups is 1. The highest BCUT2D eigenvalue weighted by Crippen LogP contribution is 2.41. The highest BCUT2D eigenvalue weighted by molar-refractivity contribution is 14.0. The lowest BCUT2D eigenvalue weighted by Gasteiger charge is -2.16. The molecule has 1 aliphatic rings. The lowest BCUT2D eigenvalue weighted by atomic mass is 10.3. The first kappa shape index (κ1) is 13.1. The molecule has 1 unspecified atom stereocenters. The fraction of sp³-hybridized carbons (Fsp3) is 0.333. The van der Waals surface area contributed by atoms with Crippen LogP contribution in [0.3, 0.4) is 0 Å². The maximum atomic E-state index is 2.31. The van der Waals surface area contributed by atoms with Crippen LogP contribution in [-0.2, 0) is 0 Å². The fourth-order valence-electron chi connectivity index (χ4n) is 1.31. The van der Waals surface area contributed by atoms with Crippen LogP contribution in [0.25, 0.3) is 0 Å². The highest BCUT2D eigenvalue weighted by Gasteiger charge is 2.21. The fourth-order valence-corrected chi connectivity index (χ4v) is 2.44. The standard InChI is InChI=1S/C9H11NS.HI.H3N/c1-7-10(2)8-5-3-4-6-9(8)11-7;;/h3-7H,1-2H3;1H;1H3. The van der Waals surface area contributed by atoms with Gasteiger partial charge in [-0.25, -0.2) is 0 Å². The third-order valence-electron chi connectivity index (χ3n) is 2.09. The second-order valence-corrected chi connectivity index (χ2v) is 4.15. The summed E-state index contributed by atoms with van der Waals surface area (Å²) in [6.07, 6.45) is 0. The predicted octanol–water partition coefficient (Wildman–Crippen LogP) is 3.35. The molecule has 4 heteroatoms. The van der Waals surface area contributed by atoms with Crippen LogP contribution in [0.1, 0.15) is 6.92 Å². The number of halogens is 1. The van der Waals surface area contributed by atoms with Crippen molar-refractivity contribution in [2.24, 2.45) is 0 Å². The van der Waals surface area contributed by atoms with Gasteiger partial charge in [0.2, 0.25) is 0 Å². The van der Waals surface area contributed by atoms with E-state index in [1.165, 1.54) is 10.6 Å². The molecule has 74 valence electrons. The molecule has 1 heterocycles. The summed E-state index contributed by atoms with van der Waals surface area (Å²) < 4.78 is 0. The van der Waals surface area contributed by atoms with Crippen LogP contribution in [0.4, 0.5) is 5.69 Å². The number of rotatable bonds is 0. The minimum absolute atomic E-state index is 0. The molecule has 0 bridgehead atoms. The molecule has 0 spiro atoms. The van der Waals surface area contributed by atoms with Gasteiger partial charge in [0.25, 0.3) is 0 Å². The van der Waals surface area contributed by atoms with Crippen molar-refractivity contribution >= 4 is 41.4 Å². The van der Waals surface area contributed by atoms with E-state index in [1.54, 1.807) is 0 Å². The Bertz CT molecular complexity index is 280. The summed E-state index contributed by atoms with van der Waals surface area (Å²) >= 11 is 1.93. The Kier molecular flexibility index (Phi) is 5.09. The molecule has 1 aromatic carbocycles. The van der Waals surface area contributed by atoms with Crippen molar-refractivity contribution in [2.45, 2.75) is 17.2 Å². The van der Waals surface area contributed by atoms with Gasteiger partial charge in [0.05, 0.1) is 11.1 Å². The quantitative estimate of drug-likeness (QED) is 0.747. The van der Waals surface area contributed by atoms with E-state index >= 15 is 0 Å². The molecule has 0 aliphatic carbocycles. The van der Waals surface area contributed by atoms with Gasteiger partial charge in [0.15, 0.2) is 0 Å². The SMILES string of the molecule is CC1Sc2ccccc2N1C.I.N. The molecule has 2 nitrogen and oxygen atoms in total. The van der Waals surface area contributed by atoms with E-state index in [2.05, 4.69) is 43.1 Å². The van der Waals surface area contributed by atoms with Gasteiger partial charge in [-0.05, 0) is 19.1 Å². The van der Waals surface area contributed by atoms with Crippen LogP contribution in [0.15, 0.2) is 29.2 Å². The Balaban J connectivity index is 0.000000720. The summed E-state index contributed by atoms with van der Waals surface area (Å²) in [5.41, 5.74) is 1.37. The third kappa shape index (κ3) is 2.30. The van der Waals surface area contributed by atoms with Gasteiger partial charge in [0.1, 0.15) is 0 Å². The second-order valence-electron chi connectivity index (χ2n) is 2.80. The van der Waals surface area contributed by atoms with E-state index < -0.39 is 0 Å². The molecule has 1 aliphatic heterocycles. The van der Waals surface area contributed by atoms with E-state index in [9.17, 15) is 0 Å². The maximum Gasteiger partial charge on any atom is 0.0766 e. The van der Waals surface area contributed by atoms with Gasteiger partial charge in [-0.3, -0.25) is 0 Å². The maximum absolute atomic E-state index is 2.31. The molecule has 0 aromatic heterocycles. The van der Waals surface area contributed by atoms with Crippen molar-refractivity contribution < 1.29 is 0 Å². The predicted molar refractivity (Wildman–Crippen MR) is 70.6 cm³/mol. The minimum atomic E-state index is 0. The summed E-state index contributed by atoms with van der Waals surface area (Å²) in [4.78, 5) is 3.71. The highest BCUT2D eigenvalue weighted by atomic mass is 127. The van der Waals surface area contributed by atoms with E-state index in [0.29, 0.717) is 5.37 Å². The van der Waals surface area contributed by atoms with Crippen LogP contribution in [-0.4, -0.2) is 12.4 Å². The number of anilines is 1. The summed E-state index contributed by atoms with van der Waals surface area (Å²) in [7, 11) is 2.14. The van der Waals surface area contributed by atoms with Crippen molar-refractivity contribution in [1.29, 1.82) is 0 Å². The van der Waals surface area contributed by atoms with Crippen molar-refractivity contribution in [3.8, 4) is 0 Å². The van der Waals surface area contributed by atoms with Crippen molar-refractivity contribution in [3.63, 3.8) is 0 Å². The number of nitrogens with zero attached hydrogens (tertiary/aromatic N) is 1.